The summed E-state index contributed by atoms with van der Waals surface area (Å²) in [4.78, 5) is 12.7. The van der Waals surface area contributed by atoms with Crippen LogP contribution in [0.15, 0.2) is 0 Å². The van der Waals surface area contributed by atoms with E-state index in [1.165, 1.54) is 6.92 Å². The SMILES string of the molecule is CC(=O)O[C@H]1[C@H](O)[C@H]([C@]2(C)CC[C@H](C(C)(C)O)O2)[C@@]2(CO)CC[C@@]34C[C@@]35CC[C@H](O[C@@H]3OC[C@@H](O)[C@H](O)[C@H]3O)C(C)(C)[C@@H]5CC[C@H]4[C@]12C. The highest BCUT2D eigenvalue weighted by Gasteiger charge is 2.86. The van der Waals surface area contributed by atoms with E-state index in [9.17, 15) is 35.4 Å². The Balaban J connectivity index is 1.21. The van der Waals surface area contributed by atoms with E-state index in [-0.39, 0.29) is 41.5 Å². The van der Waals surface area contributed by atoms with Crippen molar-refractivity contribution in [1.82, 2.24) is 0 Å². The number of carbonyl (C=O) groups excluding carboxylic acids is 1. The van der Waals surface area contributed by atoms with Gasteiger partial charge in [0.05, 0.1) is 36.1 Å². The summed E-state index contributed by atoms with van der Waals surface area (Å²) in [6.45, 7) is 13.3. The Labute approximate surface area is 284 Å². The summed E-state index contributed by atoms with van der Waals surface area (Å²) in [6, 6.07) is 0. The van der Waals surface area contributed by atoms with Gasteiger partial charge in [-0.25, -0.2) is 0 Å². The lowest BCUT2D eigenvalue weighted by molar-refractivity contribution is -0.303. The zero-order valence-electron chi connectivity index (χ0n) is 29.9. The molecular formula is C37H60O11. The number of fused-ring (bicyclic) bond motifs is 2. The second kappa shape index (κ2) is 11.1. The molecule has 0 radical (unpaired) electrons. The predicted octanol–water partition coefficient (Wildman–Crippen LogP) is 2.44. The van der Waals surface area contributed by atoms with Crippen molar-refractivity contribution in [2.75, 3.05) is 13.2 Å². The zero-order chi connectivity index (χ0) is 35.0. The van der Waals surface area contributed by atoms with Crippen LogP contribution >= 0.6 is 0 Å². The summed E-state index contributed by atoms with van der Waals surface area (Å²) in [7, 11) is 0. The molecule has 274 valence electrons. The summed E-state index contributed by atoms with van der Waals surface area (Å²) >= 11 is 0. The Hall–Kier alpha value is -0.890. The molecule has 2 heterocycles. The van der Waals surface area contributed by atoms with Gasteiger partial charge in [0.25, 0.3) is 0 Å². The highest BCUT2D eigenvalue weighted by molar-refractivity contribution is 5.66. The topological polar surface area (TPSA) is 175 Å². The highest BCUT2D eigenvalue weighted by atomic mass is 16.7. The smallest absolute Gasteiger partial charge is 0.303 e. The van der Waals surface area contributed by atoms with Crippen molar-refractivity contribution in [3.8, 4) is 0 Å². The van der Waals surface area contributed by atoms with Crippen molar-refractivity contribution < 1.29 is 54.4 Å². The molecule has 2 saturated heterocycles. The van der Waals surface area contributed by atoms with E-state index in [1.54, 1.807) is 13.8 Å². The third-order valence-electron chi connectivity index (χ3n) is 15.9. The van der Waals surface area contributed by atoms with Gasteiger partial charge in [-0.3, -0.25) is 4.79 Å². The molecule has 0 unspecified atom stereocenters. The van der Waals surface area contributed by atoms with Crippen LogP contribution < -0.4 is 0 Å². The average Bonchev–Trinajstić information content (AvgIpc) is 3.41. The molecule has 16 atom stereocenters. The van der Waals surface area contributed by atoms with Crippen LogP contribution in [0.3, 0.4) is 0 Å². The second-order valence-corrected chi connectivity index (χ2v) is 18.6. The molecule has 7 fully saturated rings. The van der Waals surface area contributed by atoms with Crippen molar-refractivity contribution in [3.63, 3.8) is 0 Å². The molecule has 48 heavy (non-hydrogen) atoms. The molecule has 0 aromatic heterocycles. The minimum absolute atomic E-state index is 0.0349. The number of ether oxygens (including phenoxy) is 4. The normalized spacial score (nSPS) is 55.6. The number of carbonyl (C=O) groups is 1. The molecule has 5 aliphatic carbocycles. The van der Waals surface area contributed by atoms with Crippen LogP contribution in [0.4, 0.5) is 0 Å². The van der Waals surface area contributed by atoms with Crippen molar-refractivity contribution in [2.45, 2.75) is 166 Å². The van der Waals surface area contributed by atoms with Gasteiger partial charge in [0.1, 0.15) is 24.4 Å². The molecule has 7 rings (SSSR count). The quantitative estimate of drug-likeness (QED) is 0.180. The Morgan fingerprint density at radius 1 is 0.875 bits per heavy atom. The first kappa shape index (κ1) is 35.5. The standard InChI is InChI=1S/C37H60O11/c1-19(39)46-29-27(43)28(33(6)12-10-24(48-33)32(4,5)44)37(18-38)15-14-36-17-35(36)13-11-23(47-30-26(42)25(41)20(40)16-45-30)31(2,3)21(35)8-9-22(36)34(29,37)7/h20-30,38,40-44H,8-18H2,1-7H3/t20-,21+,22+,23+,24-,25+,26-,27-,28-,29+,30+,33+,34-,35-,36+,37+/m1/s1. The number of hydrogen-bond donors (Lipinski definition) is 6. The summed E-state index contributed by atoms with van der Waals surface area (Å²) in [5.74, 6) is -0.506. The van der Waals surface area contributed by atoms with Crippen molar-refractivity contribution >= 4 is 5.97 Å². The van der Waals surface area contributed by atoms with E-state index in [0.717, 1.165) is 38.5 Å². The third kappa shape index (κ3) is 4.47. The van der Waals surface area contributed by atoms with Gasteiger partial charge in [-0.05, 0) is 107 Å². The number of aliphatic hydroxyl groups is 6. The molecule has 0 aromatic rings. The van der Waals surface area contributed by atoms with E-state index in [2.05, 4.69) is 20.8 Å². The van der Waals surface area contributed by atoms with Crippen LogP contribution in [-0.4, -0.2) is 110 Å². The largest absolute Gasteiger partial charge is 0.459 e. The molecule has 0 aromatic carbocycles. The maximum atomic E-state index is 12.7. The molecular weight excluding hydrogens is 620 g/mol. The van der Waals surface area contributed by atoms with Crippen molar-refractivity contribution in [1.29, 1.82) is 0 Å². The van der Waals surface area contributed by atoms with Crippen LogP contribution in [0.2, 0.25) is 0 Å². The van der Waals surface area contributed by atoms with Crippen LogP contribution in [-0.2, 0) is 23.7 Å². The molecule has 11 heteroatoms. The number of hydrogen-bond acceptors (Lipinski definition) is 11. The minimum atomic E-state index is -1.34. The van der Waals surface area contributed by atoms with E-state index in [0.29, 0.717) is 25.2 Å². The molecule has 7 aliphatic rings. The average molecular weight is 681 g/mol. The molecule has 0 amide bonds. The fourth-order valence-corrected chi connectivity index (χ4v) is 13.8. The van der Waals surface area contributed by atoms with Gasteiger partial charge in [-0.15, -0.1) is 0 Å². The highest BCUT2D eigenvalue weighted by Crippen LogP contribution is 2.89. The lowest BCUT2D eigenvalue weighted by Crippen LogP contribution is -2.63. The maximum Gasteiger partial charge on any atom is 0.303 e. The summed E-state index contributed by atoms with van der Waals surface area (Å²) in [5, 5.41) is 65.6. The lowest BCUT2D eigenvalue weighted by atomic mass is 9.41. The third-order valence-corrected chi connectivity index (χ3v) is 15.9. The van der Waals surface area contributed by atoms with E-state index >= 15 is 0 Å². The van der Waals surface area contributed by atoms with Crippen LogP contribution in [0.25, 0.3) is 0 Å². The lowest BCUT2D eigenvalue weighted by Gasteiger charge is -2.64. The van der Waals surface area contributed by atoms with Gasteiger partial charge in [0.2, 0.25) is 0 Å². The first-order valence-corrected chi connectivity index (χ1v) is 18.4. The van der Waals surface area contributed by atoms with Crippen LogP contribution in [0, 0.1) is 44.8 Å². The Bertz CT molecular complexity index is 1280. The second-order valence-electron chi connectivity index (χ2n) is 18.6. The van der Waals surface area contributed by atoms with Crippen molar-refractivity contribution in [2.24, 2.45) is 44.8 Å². The first-order valence-electron chi connectivity index (χ1n) is 18.4. The molecule has 5 saturated carbocycles. The summed E-state index contributed by atoms with van der Waals surface area (Å²) in [6.07, 6.45) is 0.0564. The molecule has 2 aliphatic heterocycles. The van der Waals surface area contributed by atoms with Gasteiger partial charge in [-0.1, -0.05) is 20.8 Å². The molecule has 0 bridgehead atoms. The fourth-order valence-electron chi connectivity index (χ4n) is 13.8. The van der Waals surface area contributed by atoms with Gasteiger partial charge < -0.3 is 49.6 Å². The van der Waals surface area contributed by atoms with Crippen LogP contribution in [0.1, 0.15) is 106 Å². The van der Waals surface area contributed by atoms with Gasteiger partial charge in [0, 0.05) is 30.3 Å². The summed E-state index contributed by atoms with van der Waals surface area (Å²) in [5.41, 5.74) is -3.61. The van der Waals surface area contributed by atoms with Crippen LogP contribution in [0.5, 0.6) is 0 Å². The van der Waals surface area contributed by atoms with E-state index in [1.807, 2.05) is 6.92 Å². The molecule has 11 nitrogen and oxygen atoms in total. The van der Waals surface area contributed by atoms with Gasteiger partial charge >= 0.3 is 5.97 Å². The molecule has 2 spiro atoms. The zero-order valence-corrected chi connectivity index (χ0v) is 29.9. The maximum absolute atomic E-state index is 12.7. The Morgan fingerprint density at radius 2 is 1.54 bits per heavy atom. The van der Waals surface area contributed by atoms with Gasteiger partial charge in [0.15, 0.2) is 6.29 Å². The van der Waals surface area contributed by atoms with Crippen molar-refractivity contribution in [3.05, 3.63) is 0 Å². The first-order chi connectivity index (χ1) is 22.3. The fraction of sp³-hybridized carbons (Fsp3) is 0.973. The molecule has 6 N–H and O–H groups in total. The minimum Gasteiger partial charge on any atom is -0.459 e. The van der Waals surface area contributed by atoms with Gasteiger partial charge in [-0.2, -0.15) is 0 Å². The Morgan fingerprint density at radius 3 is 2.17 bits per heavy atom. The van der Waals surface area contributed by atoms with E-state index < -0.39 is 76.8 Å². The number of rotatable bonds is 6. The summed E-state index contributed by atoms with van der Waals surface area (Å²) < 4.78 is 24.9. The number of esters is 1. The Kier molecular flexibility index (Phi) is 8.18. The number of aliphatic hydroxyl groups excluding tert-OH is 5. The van der Waals surface area contributed by atoms with E-state index in [4.69, 9.17) is 18.9 Å². The monoisotopic (exact) mass is 680 g/mol. The predicted molar refractivity (Wildman–Crippen MR) is 172 cm³/mol.